The summed E-state index contributed by atoms with van der Waals surface area (Å²) in [5.74, 6) is -0.490. The lowest BCUT2D eigenvalue weighted by Gasteiger charge is -2.24. The van der Waals surface area contributed by atoms with Gasteiger partial charge in [-0.1, -0.05) is 36.4 Å². The molecule has 0 saturated carbocycles. The van der Waals surface area contributed by atoms with Crippen molar-refractivity contribution in [3.63, 3.8) is 0 Å². The molecule has 0 saturated heterocycles. The average Bonchev–Trinajstić information content (AvgIpc) is 2.60. The van der Waals surface area contributed by atoms with Gasteiger partial charge in [0.05, 0.1) is 6.54 Å². The van der Waals surface area contributed by atoms with Gasteiger partial charge in [0, 0.05) is 30.4 Å². The van der Waals surface area contributed by atoms with Crippen LogP contribution in [-0.2, 0) is 16.1 Å². The first-order valence-corrected chi connectivity index (χ1v) is 8.66. The molecule has 0 aromatic heterocycles. The SMILES string of the molecule is CC(N)CCC(=O)Nc1cccc(N(CC(N)=O)Cc2ccccc2)c1. The van der Waals surface area contributed by atoms with Crippen LogP contribution < -0.4 is 21.7 Å². The van der Waals surface area contributed by atoms with Crippen LogP contribution in [0.5, 0.6) is 0 Å². The van der Waals surface area contributed by atoms with Crippen LogP contribution in [0.2, 0.25) is 0 Å². The Morgan fingerprint density at radius 2 is 1.85 bits per heavy atom. The van der Waals surface area contributed by atoms with E-state index in [2.05, 4.69) is 5.32 Å². The minimum Gasteiger partial charge on any atom is -0.368 e. The highest BCUT2D eigenvalue weighted by Crippen LogP contribution is 2.21. The Bertz CT molecular complexity index is 732. The number of primary amides is 1. The van der Waals surface area contributed by atoms with Crippen molar-refractivity contribution in [2.75, 3.05) is 16.8 Å². The first kappa shape index (κ1) is 19.5. The number of hydrogen-bond acceptors (Lipinski definition) is 4. The maximum atomic E-state index is 12.0. The molecule has 0 spiro atoms. The van der Waals surface area contributed by atoms with Crippen LogP contribution >= 0.6 is 0 Å². The third-order valence-corrected chi connectivity index (χ3v) is 3.88. The van der Waals surface area contributed by atoms with E-state index in [-0.39, 0.29) is 18.5 Å². The predicted molar refractivity (Wildman–Crippen MR) is 105 cm³/mol. The summed E-state index contributed by atoms with van der Waals surface area (Å²) in [7, 11) is 0. The second-order valence-corrected chi connectivity index (χ2v) is 6.42. The highest BCUT2D eigenvalue weighted by Gasteiger charge is 2.12. The molecule has 1 unspecified atom stereocenters. The molecular formula is C20H26N4O2. The fourth-order valence-corrected chi connectivity index (χ4v) is 2.59. The molecule has 0 heterocycles. The Hall–Kier alpha value is -2.86. The molecule has 0 radical (unpaired) electrons. The topological polar surface area (TPSA) is 101 Å². The zero-order chi connectivity index (χ0) is 18.9. The number of nitrogens with two attached hydrogens (primary N) is 2. The molecule has 0 aliphatic rings. The van der Waals surface area contributed by atoms with Crippen LogP contribution in [0.15, 0.2) is 54.6 Å². The summed E-state index contributed by atoms with van der Waals surface area (Å²) in [5.41, 5.74) is 13.7. The van der Waals surface area contributed by atoms with Gasteiger partial charge in [0.15, 0.2) is 0 Å². The summed E-state index contributed by atoms with van der Waals surface area (Å²) in [4.78, 5) is 25.4. The second-order valence-electron chi connectivity index (χ2n) is 6.42. The van der Waals surface area contributed by atoms with Gasteiger partial charge in [-0.15, -0.1) is 0 Å². The van der Waals surface area contributed by atoms with Crippen molar-refractivity contribution >= 4 is 23.2 Å². The number of rotatable bonds is 9. The van der Waals surface area contributed by atoms with Crippen LogP contribution in [0.1, 0.15) is 25.3 Å². The molecule has 26 heavy (non-hydrogen) atoms. The van der Waals surface area contributed by atoms with Gasteiger partial charge in [-0.25, -0.2) is 0 Å². The van der Waals surface area contributed by atoms with Gasteiger partial charge < -0.3 is 21.7 Å². The van der Waals surface area contributed by atoms with Gasteiger partial charge in [-0.3, -0.25) is 9.59 Å². The van der Waals surface area contributed by atoms with Gasteiger partial charge in [0.25, 0.3) is 0 Å². The number of nitrogens with zero attached hydrogens (tertiary/aromatic N) is 1. The molecule has 6 heteroatoms. The molecule has 0 fully saturated rings. The summed E-state index contributed by atoms with van der Waals surface area (Å²) in [6, 6.07) is 17.2. The largest absolute Gasteiger partial charge is 0.368 e. The summed E-state index contributed by atoms with van der Waals surface area (Å²) in [6.07, 6.45) is 1.00. The normalized spacial score (nSPS) is 11.6. The maximum absolute atomic E-state index is 12.0. The number of anilines is 2. The summed E-state index contributed by atoms with van der Waals surface area (Å²) in [5, 5.41) is 2.87. The van der Waals surface area contributed by atoms with E-state index >= 15 is 0 Å². The maximum Gasteiger partial charge on any atom is 0.236 e. The van der Waals surface area contributed by atoms with E-state index in [9.17, 15) is 9.59 Å². The molecule has 138 valence electrons. The number of carbonyl (C=O) groups excluding carboxylic acids is 2. The lowest BCUT2D eigenvalue weighted by Crippen LogP contribution is -2.33. The molecule has 2 aromatic carbocycles. The van der Waals surface area contributed by atoms with E-state index in [4.69, 9.17) is 11.5 Å². The van der Waals surface area contributed by atoms with Crippen LogP contribution in [0.3, 0.4) is 0 Å². The molecule has 1 atom stereocenters. The van der Waals surface area contributed by atoms with Gasteiger partial charge in [-0.2, -0.15) is 0 Å². The minimum atomic E-state index is -0.410. The third kappa shape index (κ3) is 6.57. The summed E-state index contributed by atoms with van der Waals surface area (Å²) < 4.78 is 0. The van der Waals surface area contributed by atoms with E-state index in [0.717, 1.165) is 11.3 Å². The third-order valence-electron chi connectivity index (χ3n) is 3.88. The van der Waals surface area contributed by atoms with Crippen molar-refractivity contribution in [3.05, 3.63) is 60.2 Å². The van der Waals surface area contributed by atoms with Crippen molar-refractivity contribution in [1.29, 1.82) is 0 Å². The Balaban J connectivity index is 2.12. The second kappa shape index (κ2) is 9.58. The molecule has 2 rings (SSSR count). The van der Waals surface area contributed by atoms with Gasteiger partial charge in [0.2, 0.25) is 11.8 Å². The summed E-state index contributed by atoms with van der Waals surface area (Å²) >= 11 is 0. The number of amides is 2. The monoisotopic (exact) mass is 354 g/mol. The van der Waals surface area contributed by atoms with Crippen molar-refractivity contribution in [3.8, 4) is 0 Å². The lowest BCUT2D eigenvalue weighted by atomic mass is 10.1. The zero-order valence-corrected chi connectivity index (χ0v) is 15.0. The van der Waals surface area contributed by atoms with Crippen molar-refractivity contribution < 1.29 is 9.59 Å². The van der Waals surface area contributed by atoms with Crippen LogP contribution in [0.4, 0.5) is 11.4 Å². The van der Waals surface area contributed by atoms with Gasteiger partial charge in [-0.05, 0) is 37.1 Å². The first-order valence-electron chi connectivity index (χ1n) is 8.66. The number of carbonyl (C=O) groups is 2. The van der Waals surface area contributed by atoms with E-state index in [1.807, 2.05) is 66.4 Å². The fourth-order valence-electron chi connectivity index (χ4n) is 2.59. The minimum absolute atomic E-state index is 0.0102. The molecule has 6 nitrogen and oxygen atoms in total. The van der Waals surface area contributed by atoms with Gasteiger partial charge in [0.1, 0.15) is 0 Å². The Labute approximate surface area is 154 Å². The first-order chi connectivity index (χ1) is 12.4. The smallest absolute Gasteiger partial charge is 0.236 e. The van der Waals surface area contributed by atoms with Crippen molar-refractivity contribution in [2.45, 2.75) is 32.4 Å². The number of benzene rings is 2. The Morgan fingerprint density at radius 3 is 2.50 bits per heavy atom. The molecule has 0 aliphatic carbocycles. The van der Waals surface area contributed by atoms with Gasteiger partial charge >= 0.3 is 0 Å². The molecule has 2 amide bonds. The summed E-state index contributed by atoms with van der Waals surface area (Å²) in [6.45, 7) is 2.52. The lowest BCUT2D eigenvalue weighted by molar-refractivity contribution is -0.117. The van der Waals surface area contributed by atoms with E-state index in [1.165, 1.54) is 0 Å². The Morgan fingerprint density at radius 1 is 1.12 bits per heavy atom. The fraction of sp³-hybridized carbons (Fsp3) is 0.300. The molecule has 5 N–H and O–H groups in total. The predicted octanol–water partition coefficient (Wildman–Crippen LogP) is 2.24. The Kier molecular flexibility index (Phi) is 7.17. The molecule has 0 aliphatic heterocycles. The average molecular weight is 354 g/mol. The zero-order valence-electron chi connectivity index (χ0n) is 15.0. The molecule has 2 aromatic rings. The highest BCUT2D eigenvalue weighted by molar-refractivity contribution is 5.91. The van der Waals surface area contributed by atoms with E-state index in [1.54, 1.807) is 0 Å². The molecule has 0 bridgehead atoms. The van der Waals surface area contributed by atoms with E-state index in [0.29, 0.717) is 25.1 Å². The van der Waals surface area contributed by atoms with Crippen molar-refractivity contribution in [2.24, 2.45) is 11.5 Å². The number of nitrogens with one attached hydrogen (secondary N) is 1. The highest BCUT2D eigenvalue weighted by atomic mass is 16.2. The quantitative estimate of drug-likeness (QED) is 0.643. The van der Waals surface area contributed by atoms with Crippen molar-refractivity contribution in [1.82, 2.24) is 0 Å². The number of hydrogen-bond donors (Lipinski definition) is 3. The molecular weight excluding hydrogens is 328 g/mol. The van der Waals surface area contributed by atoms with Crippen LogP contribution in [0, 0.1) is 0 Å². The van der Waals surface area contributed by atoms with E-state index < -0.39 is 5.91 Å². The van der Waals surface area contributed by atoms with Crippen LogP contribution in [-0.4, -0.2) is 24.4 Å². The standard InChI is InChI=1S/C20H26N4O2/c1-15(21)10-11-20(26)23-17-8-5-9-18(12-17)24(14-19(22)25)13-16-6-3-2-4-7-16/h2-9,12,15H,10-11,13-14,21H2,1H3,(H2,22,25)(H,23,26). The van der Waals surface area contributed by atoms with Crippen LogP contribution in [0.25, 0.3) is 0 Å².